The van der Waals surface area contributed by atoms with Gasteiger partial charge < -0.3 is 9.73 Å². The highest BCUT2D eigenvalue weighted by Gasteiger charge is 2.23. The van der Waals surface area contributed by atoms with Crippen molar-refractivity contribution in [2.45, 2.75) is 18.9 Å². The van der Waals surface area contributed by atoms with Gasteiger partial charge in [0, 0.05) is 16.6 Å². The minimum absolute atomic E-state index is 0.484. The molecule has 0 aliphatic heterocycles. The quantitative estimate of drug-likeness (QED) is 0.889. The molecule has 1 saturated carbocycles. The fourth-order valence-corrected chi connectivity index (χ4v) is 1.61. The molecule has 5 heteroatoms. The molecular formula is C11H10ClN3O. The number of nitrogens with one attached hydrogen (secondary N) is 1. The van der Waals surface area contributed by atoms with E-state index in [1.807, 2.05) is 18.2 Å². The lowest BCUT2D eigenvalue weighted by Gasteiger charge is -1.96. The van der Waals surface area contributed by atoms with E-state index >= 15 is 0 Å². The molecule has 0 unspecified atom stereocenters. The summed E-state index contributed by atoms with van der Waals surface area (Å²) in [7, 11) is 0. The predicted octanol–water partition coefficient (Wildman–Crippen LogP) is 2.96. The normalized spacial score (nSPS) is 15.1. The highest BCUT2D eigenvalue weighted by Crippen LogP contribution is 2.26. The van der Waals surface area contributed by atoms with Crippen LogP contribution in [0.25, 0.3) is 11.5 Å². The molecule has 1 fully saturated rings. The Hall–Kier alpha value is -1.55. The zero-order valence-electron chi connectivity index (χ0n) is 8.48. The number of hydrogen-bond acceptors (Lipinski definition) is 4. The summed E-state index contributed by atoms with van der Waals surface area (Å²) in [6.45, 7) is 0. The van der Waals surface area contributed by atoms with Crippen molar-refractivity contribution >= 4 is 17.6 Å². The summed E-state index contributed by atoms with van der Waals surface area (Å²) in [5, 5.41) is 11.7. The van der Waals surface area contributed by atoms with Crippen molar-refractivity contribution in [3.05, 3.63) is 29.3 Å². The highest BCUT2D eigenvalue weighted by atomic mass is 35.5. The lowest BCUT2D eigenvalue weighted by Crippen LogP contribution is -2.00. The van der Waals surface area contributed by atoms with Crippen LogP contribution in [0, 0.1) is 0 Å². The van der Waals surface area contributed by atoms with Gasteiger partial charge in [-0.1, -0.05) is 22.8 Å². The van der Waals surface area contributed by atoms with Crippen LogP contribution in [0.3, 0.4) is 0 Å². The van der Waals surface area contributed by atoms with Crippen molar-refractivity contribution in [3.8, 4) is 11.5 Å². The molecule has 0 spiro atoms. The Kier molecular flexibility index (Phi) is 2.29. The molecule has 0 bridgehead atoms. The molecule has 1 aromatic heterocycles. The van der Waals surface area contributed by atoms with E-state index in [1.54, 1.807) is 6.07 Å². The fraction of sp³-hybridized carbons (Fsp3) is 0.273. The molecule has 1 N–H and O–H groups in total. The van der Waals surface area contributed by atoms with E-state index in [-0.39, 0.29) is 0 Å². The van der Waals surface area contributed by atoms with Crippen LogP contribution in [0.1, 0.15) is 12.8 Å². The third-order valence-electron chi connectivity index (χ3n) is 2.40. The largest absolute Gasteiger partial charge is 0.403 e. The second-order valence-electron chi connectivity index (χ2n) is 3.84. The van der Waals surface area contributed by atoms with Crippen molar-refractivity contribution in [1.29, 1.82) is 0 Å². The van der Waals surface area contributed by atoms with Gasteiger partial charge in [0.15, 0.2) is 0 Å². The Balaban J connectivity index is 1.85. The summed E-state index contributed by atoms with van der Waals surface area (Å²) < 4.78 is 5.48. The average Bonchev–Trinajstić information content (AvgIpc) is 2.94. The minimum atomic E-state index is 0.484. The third kappa shape index (κ3) is 2.02. The van der Waals surface area contributed by atoms with Crippen molar-refractivity contribution in [2.24, 2.45) is 0 Å². The van der Waals surface area contributed by atoms with E-state index < -0.39 is 0 Å². The number of anilines is 1. The molecule has 1 heterocycles. The molecule has 1 aliphatic carbocycles. The Morgan fingerprint density at radius 2 is 2.19 bits per heavy atom. The summed E-state index contributed by atoms with van der Waals surface area (Å²) in [6, 6.07) is 8.35. The molecule has 1 aromatic carbocycles. The van der Waals surface area contributed by atoms with Crippen molar-refractivity contribution in [2.75, 3.05) is 5.32 Å². The number of rotatable bonds is 3. The number of nitrogens with zero attached hydrogens (tertiary/aromatic N) is 2. The lowest BCUT2D eigenvalue weighted by atomic mass is 10.2. The van der Waals surface area contributed by atoms with Gasteiger partial charge in [0.25, 0.3) is 0 Å². The van der Waals surface area contributed by atoms with Crippen LogP contribution in [0.4, 0.5) is 6.01 Å². The van der Waals surface area contributed by atoms with Gasteiger partial charge in [0.05, 0.1) is 0 Å². The summed E-state index contributed by atoms with van der Waals surface area (Å²) in [4.78, 5) is 0. The molecule has 82 valence electrons. The topological polar surface area (TPSA) is 51.0 Å². The van der Waals surface area contributed by atoms with E-state index in [0.29, 0.717) is 23.0 Å². The summed E-state index contributed by atoms with van der Waals surface area (Å²) >= 11 is 5.89. The molecular weight excluding hydrogens is 226 g/mol. The van der Waals surface area contributed by atoms with Crippen LogP contribution in [0.5, 0.6) is 0 Å². The lowest BCUT2D eigenvalue weighted by molar-refractivity contribution is 0.580. The summed E-state index contributed by atoms with van der Waals surface area (Å²) in [5.41, 5.74) is 0.837. The molecule has 0 radical (unpaired) electrons. The highest BCUT2D eigenvalue weighted by molar-refractivity contribution is 6.30. The Morgan fingerprint density at radius 1 is 1.31 bits per heavy atom. The summed E-state index contributed by atoms with van der Waals surface area (Å²) in [5.74, 6) is 0.491. The first-order chi connectivity index (χ1) is 7.81. The van der Waals surface area contributed by atoms with Crippen LogP contribution in [-0.4, -0.2) is 16.2 Å². The maximum absolute atomic E-state index is 5.89. The minimum Gasteiger partial charge on any atom is -0.403 e. The smallest absolute Gasteiger partial charge is 0.315 e. The van der Waals surface area contributed by atoms with E-state index in [2.05, 4.69) is 15.5 Å². The monoisotopic (exact) mass is 235 g/mol. The second-order valence-corrected chi connectivity index (χ2v) is 4.28. The maximum Gasteiger partial charge on any atom is 0.315 e. The van der Waals surface area contributed by atoms with Crippen molar-refractivity contribution in [3.63, 3.8) is 0 Å². The van der Waals surface area contributed by atoms with Gasteiger partial charge in [-0.25, -0.2) is 0 Å². The van der Waals surface area contributed by atoms with Crippen molar-refractivity contribution < 1.29 is 4.42 Å². The van der Waals surface area contributed by atoms with Gasteiger partial charge in [-0.3, -0.25) is 0 Å². The summed E-state index contributed by atoms with van der Waals surface area (Å²) in [6.07, 6.45) is 2.35. The SMILES string of the molecule is Clc1cccc(-c2nnc(NC3CC3)o2)c1. The molecule has 0 amide bonds. The predicted molar refractivity (Wildman–Crippen MR) is 61.4 cm³/mol. The first kappa shape index (κ1) is 9.66. The average molecular weight is 236 g/mol. The standard InChI is InChI=1S/C11H10ClN3O/c12-8-3-1-2-7(6-8)10-14-15-11(16-10)13-9-4-5-9/h1-3,6,9H,4-5H2,(H,13,15). The van der Waals surface area contributed by atoms with Gasteiger partial charge in [0.2, 0.25) is 5.89 Å². The number of benzene rings is 1. The molecule has 1 aliphatic rings. The maximum atomic E-state index is 5.89. The van der Waals surface area contributed by atoms with Crippen LogP contribution in [0.15, 0.2) is 28.7 Å². The van der Waals surface area contributed by atoms with Gasteiger partial charge in [-0.05, 0) is 31.0 Å². The van der Waals surface area contributed by atoms with Crippen LogP contribution < -0.4 is 5.32 Å². The Morgan fingerprint density at radius 3 is 2.94 bits per heavy atom. The van der Waals surface area contributed by atoms with E-state index in [1.165, 1.54) is 12.8 Å². The van der Waals surface area contributed by atoms with Gasteiger partial charge in [-0.15, -0.1) is 5.10 Å². The van der Waals surface area contributed by atoms with E-state index in [9.17, 15) is 0 Å². The molecule has 16 heavy (non-hydrogen) atoms. The Bertz CT molecular complexity index is 507. The van der Waals surface area contributed by atoms with Gasteiger partial charge in [0.1, 0.15) is 0 Å². The second kappa shape index (κ2) is 3.79. The van der Waals surface area contributed by atoms with Gasteiger partial charge >= 0.3 is 6.01 Å². The van der Waals surface area contributed by atoms with Crippen LogP contribution in [-0.2, 0) is 0 Å². The zero-order chi connectivity index (χ0) is 11.0. The molecule has 0 saturated heterocycles. The molecule has 0 atom stereocenters. The zero-order valence-corrected chi connectivity index (χ0v) is 9.24. The van der Waals surface area contributed by atoms with E-state index in [4.69, 9.17) is 16.0 Å². The van der Waals surface area contributed by atoms with Gasteiger partial charge in [-0.2, -0.15) is 0 Å². The number of hydrogen-bond donors (Lipinski definition) is 1. The van der Waals surface area contributed by atoms with E-state index in [0.717, 1.165) is 5.56 Å². The first-order valence-electron chi connectivity index (χ1n) is 5.17. The van der Waals surface area contributed by atoms with Crippen molar-refractivity contribution in [1.82, 2.24) is 10.2 Å². The fourth-order valence-electron chi connectivity index (χ4n) is 1.42. The molecule has 3 rings (SSSR count). The molecule has 4 nitrogen and oxygen atoms in total. The number of aromatic nitrogens is 2. The Labute approximate surface area is 97.6 Å². The molecule has 2 aromatic rings. The van der Waals surface area contributed by atoms with Crippen LogP contribution >= 0.6 is 11.6 Å². The number of halogens is 1. The van der Waals surface area contributed by atoms with Crippen LogP contribution in [0.2, 0.25) is 5.02 Å². The third-order valence-corrected chi connectivity index (χ3v) is 2.64. The first-order valence-corrected chi connectivity index (χ1v) is 5.55.